The fourth-order valence-corrected chi connectivity index (χ4v) is 6.29. The molecule has 2 saturated heterocycles. The quantitative estimate of drug-likeness (QED) is 0.529. The van der Waals surface area contributed by atoms with Crippen molar-refractivity contribution in [3.05, 3.63) is 64.4 Å². The van der Waals surface area contributed by atoms with E-state index in [4.69, 9.17) is 28.6 Å². The molecule has 0 unspecified atom stereocenters. The second kappa shape index (κ2) is 10.3. The Kier molecular flexibility index (Phi) is 7.27. The molecule has 0 bridgehead atoms. The molecule has 0 amide bonds. The molecule has 0 saturated carbocycles. The van der Waals surface area contributed by atoms with E-state index >= 15 is 0 Å². The van der Waals surface area contributed by atoms with Crippen molar-refractivity contribution in [3.63, 3.8) is 0 Å². The number of benzene rings is 1. The number of nitrogens with one attached hydrogen (secondary N) is 1. The van der Waals surface area contributed by atoms with Gasteiger partial charge in [0.2, 0.25) is 0 Å². The average Bonchev–Trinajstić information content (AvgIpc) is 3.19. The van der Waals surface area contributed by atoms with Gasteiger partial charge in [-0.3, -0.25) is 9.88 Å². The number of pyridine rings is 1. The molecular formula is C28H36ClN5OS. The summed E-state index contributed by atoms with van der Waals surface area (Å²) in [5.74, 6) is 0. The average molecular weight is 526 g/mol. The van der Waals surface area contributed by atoms with Gasteiger partial charge in [0.05, 0.1) is 36.5 Å². The minimum Gasteiger partial charge on any atom is -0.379 e. The standard InChI is InChI=1S/C28H36ClN5OS/c1-19-18-28(2,3)32(4)24-17-22(29)21(16-20(19)24)26-25(23-8-5-6-9-30-23)31-27(36)34(26)11-7-10-33-12-14-35-15-13-33/h5-6,8-9,16-18,25-26H,7,10-15H2,1-4H3,(H,31,36)/t25-,26+/m1/s1. The summed E-state index contributed by atoms with van der Waals surface area (Å²) in [4.78, 5) is 11.8. The summed E-state index contributed by atoms with van der Waals surface area (Å²) < 4.78 is 5.51. The Morgan fingerprint density at radius 1 is 1.19 bits per heavy atom. The predicted octanol–water partition coefficient (Wildman–Crippen LogP) is 5.06. The second-order valence-electron chi connectivity index (χ2n) is 10.6. The number of hydrogen-bond donors (Lipinski definition) is 1. The fourth-order valence-electron chi connectivity index (χ4n) is 5.69. The lowest BCUT2D eigenvalue weighted by atomic mass is 9.86. The summed E-state index contributed by atoms with van der Waals surface area (Å²) in [5, 5.41) is 5.10. The van der Waals surface area contributed by atoms with Gasteiger partial charge in [0.1, 0.15) is 0 Å². The van der Waals surface area contributed by atoms with Crippen LogP contribution in [0.1, 0.15) is 56.1 Å². The molecule has 4 heterocycles. The van der Waals surface area contributed by atoms with Gasteiger partial charge >= 0.3 is 0 Å². The maximum absolute atomic E-state index is 7.08. The zero-order valence-corrected chi connectivity index (χ0v) is 23.2. The number of fused-ring (bicyclic) bond motifs is 1. The fraction of sp³-hybridized carbons (Fsp3) is 0.500. The van der Waals surface area contributed by atoms with Crippen molar-refractivity contribution in [1.82, 2.24) is 20.1 Å². The predicted molar refractivity (Wildman–Crippen MR) is 152 cm³/mol. The van der Waals surface area contributed by atoms with Gasteiger partial charge in [-0.25, -0.2) is 0 Å². The largest absolute Gasteiger partial charge is 0.379 e. The van der Waals surface area contributed by atoms with Crippen LogP contribution in [-0.4, -0.2) is 71.9 Å². The van der Waals surface area contributed by atoms with Crippen LogP contribution in [0.4, 0.5) is 5.69 Å². The number of rotatable bonds is 6. The van der Waals surface area contributed by atoms with Crippen molar-refractivity contribution in [2.75, 3.05) is 51.3 Å². The third-order valence-electron chi connectivity index (χ3n) is 7.83. The molecule has 6 nitrogen and oxygen atoms in total. The van der Waals surface area contributed by atoms with Gasteiger partial charge in [0.15, 0.2) is 5.11 Å². The molecule has 3 aliphatic heterocycles. The summed E-state index contributed by atoms with van der Waals surface area (Å²) >= 11 is 13.0. The maximum Gasteiger partial charge on any atom is 0.170 e. The first-order chi connectivity index (χ1) is 17.3. The number of morpholine rings is 1. The third kappa shape index (κ3) is 4.86. The van der Waals surface area contributed by atoms with Gasteiger partial charge in [-0.05, 0) is 74.8 Å². The summed E-state index contributed by atoms with van der Waals surface area (Å²) in [6.07, 6.45) is 5.20. The van der Waals surface area contributed by atoms with Crippen molar-refractivity contribution >= 4 is 40.2 Å². The van der Waals surface area contributed by atoms with Crippen molar-refractivity contribution in [2.24, 2.45) is 0 Å². The molecular weight excluding hydrogens is 490 g/mol. The number of likely N-dealkylation sites (N-methyl/N-ethyl adjacent to an activating group) is 1. The van der Waals surface area contributed by atoms with Crippen molar-refractivity contribution < 1.29 is 4.74 Å². The van der Waals surface area contributed by atoms with Crippen molar-refractivity contribution in [3.8, 4) is 0 Å². The van der Waals surface area contributed by atoms with Crippen LogP contribution in [0.25, 0.3) is 5.57 Å². The van der Waals surface area contributed by atoms with Gasteiger partial charge < -0.3 is 19.9 Å². The lowest BCUT2D eigenvalue weighted by molar-refractivity contribution is 0.0365. The molecule has 36 heavy (non-hydrogen) atoms. The van der Waals surface area contributed by atoms with Crippen LogP contribution < -0.4 is 10.2 Å². The zero-order chi connectivity index (χ0) is 25.4. The van der Waals surface area contributed by atoms with Crippen LogP contribution in [0.3, 0.4) is 0 Å². The lowest BCUT2D eigenvalue weighted by Crippen LogP contribution is -2.42. The van der Waals surface area contributed by atoms with Gasteiger partial charge in [0, 0.05) is 55.7 Å². The third-order valence-corrected chi connectivity index (χ3v) is 8.51. The van der Waals surface area contributed by atoms with Crippen LogP contribution in [-0.2, 0) is 4.74 Å². The number of anilines is 1. The summed E-state index contributed by atoms with van der Waals surface area (Å²) in [5.41, 5.74) is 5.65. The number of halogens is 1. The Balaban J connectivity index is 1.50. The maximum atomic E-state index is 7.08. The van der Waals surface area contributed by atoms with E-state index < -0.39 is 0 Å². The summed E-state index contributed by atoms with van der Waals surface area (Å²) in [6.45, 7) is 12.2. The Morgan fingerprint density at radius 2 is 1.97 bits per heavy atom. The van der Waals surface area contributed by atoms with E-state index in [0.29, 0.717) is 0 Å². The normalized spacial score (nSPS) is 23.9. The topological polar surface area (TPSA) is 43.9 Å². The first-order valence-corrected chi connectivity index (χ1v) is 13.6. The van der Waals surface area contributed by atoms with Crippen molar-refractivity contribution in [1.29, 1.82) is 0 Å². The Bertz CT molecular complexity index is 1150. The van der Waals surface area contributed by atoms with E-state index in [2.05, 4.69) is 77.1 Å². The number of allylic oxidation sites excluding steroid dienone is 1. The van der Waals surface area contributed by atoms with E-state index in [-0.39, 0.29) is 17.6 Å². The first-order valence-electron chi connectivity index (χ1n) is 12.8. The molecule has 2 fully saturated rings. The highest BCUT2D eigenvalue weighted by Gasteiger charge is 2.41. The molecule has 0 aliphatic carbocycles. The van der Waals surface area contributed by atoms with Crippen LogP contribution in [0, 0.1) is 0 Å². The van der Waals surface area contributed by atoms with Gasteiger partial charge in [-0.2, -0.15) is 0 Å². The molecule has 1 aromatic heterocycles. The molecule has 0 radical (unpaired) electrons. The monoisotopic (exact) mass is 525 g/mol. The molecule has 5 rings (SSSR count). The van der Waals surface area contributed by atoms with Crippen LogP contribution >= 0.6 is 23.8 Å². The van der Waals surface area contributed by atoms with Crippen LogP contribution in [0.15, 0.2) is 42.6 Å². The van der Waals surface area contributed by atoms with E-state index in [1.54, 1.807) is 0 Å². The molecule has 1 N–H and O–H groups in total. The van der Waals surface area contributed by atoms with E-state index in [0.717, 1.165) is 72.9 Å². The van der Waals surface area contributed by atoms with Crippen molar-refractivity contribution in [2.45, 2.75) is 44.8 Å². The van der Waals surface area contributed by atoms with Gasteiger partial charge in [0.25, 0.3) is 0 Å². The number of ether oxygens (including phenoxy) is 1. The van der Waals surface area contributed by atoms with Crippen LogP contribution in [0.2, 0.25) is 5.02 Å². The van der Waals surface area contributed by atoms with E-state index in [1.165, 1.54) is 11.1 Å². The zero-order valence-electron chi connectivity index (χ0n) is 21.6. The molecule has 0 spiro atoms. The van der Waals surface area contributed by atoms with Crippen LogP contribution in [0.5, 0.6) is 0 Å². The molecule has 8 heteroatoms. The number of thiocarbonyl (C=S) groups is 1. The van der Waals surface area contributed by atoms with Gasteiger partial charge in [-0.1, -0.05) is 23.7 Å². The Labute approximate surface area is 225 Å². The molecule has 3 aliphatic rings. The highest BCUT2D eigenvalue weighted by atomic mass is 35.5. The van der Waals surface area contributed by atoms with E-state index in [9.17, 15) is 0 Å². The SMILES string of the molecule is CC1=CC(C)(C)N(C)c2cc(Cl)c([C@H]3[C@@H](c4ccccn4)NC(=S)N3CCCN3CCOCC3)cc21. The number of nitrogens with zero attached hydrogens (tertiary/aromatic N) is 4. The smallest absolute Gasteiger partial charge is 0.170 e. The lowest BCUT2D eigenvalue weighted by Gasteiger charge is -2.41. The first kappa shape index (κ1) is 25.5. The summed E-state index contributed by atoms with van der Waals surface area (Å²) in [6, 6.07) is 10.3. The highest BCUT2D eigenvalue weighted by molar-refractivity contribution is 7.80. The molecule has 2 atom stereocenters. The summed E-state index contributed by atoms with van der Waals surface area (Å²) in [7, 11) is 2.14. The second-order valence-corrected chi connectivity index (χ2v) is 11.4. The minimum atomic E-state index is -0.0697. The van der Waals surface area contributed by atoms with Gasteiger partial charge in [-0.15, -0.1) is 0 Å². The molecule has 2 aromatic rings. The number of hydrogen-bond acceptors (Lipinski definition) is 5. The molecule has 192 valence electrons. The highest BCUT2D eigenvalue weighted by Crippen LogP contribution is 2.46. The number of aromatic nitrogens is 1. The molecule has 1 aromatic carbocycles. The van der Waals surface area contributed by atoms with E-state index in [1.807, 2.05) is 18.3 Å². The Morgan fingerprint density at radius 3 is 2.69 bits per heavy atom. The minimum absolute atomic E-state index is 0.0390. The Hall–Kier alpha value is -2.19.